The molecule has 1 aliphatic heterocycles. The number of benzene rings is 1. The molecule has 0 aliphatic carbocycles. The minimum absolute atomic E-state index is 0.0470. The number of rotatable bonds is 5. The molecule has 1 saturated heterocycles. The number of carboxylic acid groups (broad SMARTS) is 1. The van der Waals surface area contributed by atoms with Crippen LogP contribution in [0.1, 0.15) is 35.7 Å². The first-order valence-corrected chi connectivity index (χ1v) is 8.62. The van der Waals surface area contributed by atoms with Crippen molar-refractivity contribution in [2.75, 3.05) is 20.2 Å². The number of nitrogens with zero attached hydrogens (tertiary/aromatic N) is 2. The van der Waals surface area contributed by atoms with Crippen LogP contribution in [-0.2, 0) is 4.79 Å². The van der Waals surface area contributed by atoms with Gasteiger partial charge in [0.2, 0.25) is 0 Å². The average Bonchev–Trinajstić information content (AvgIpc) is 2.64. The van der Waals surface area contributed by atoms with Crippen LogP contribution in [0.4, 0.5) is 0 Å². The van der Waals surface area contributed by atoms with Gasteiger partial charge in [-0.25, -0.2) is 0 Å². The Labute approximate surface area is 148 Å². The van der Waals surface area contributed by atoms with E-state index in [0.29, 0.717) is 6.54 Å². The number of aromatic nitrogens is 1. The van der Waals surface area contributed by atoms with Crippen LogP contribution < -0.4 is 4.74 Å². The lowest BCUT2D eigenvalue weighted by atomic mass is 9.92. The summed E-state index contributed by atoms with van der Waals surface area (Å²) in [5.74, 6) is -0.225. The van der Waals surface area contributed by atoms with Crippen LogP contribution in [0.2, 0.25) is 0 Å². The van der Waals surface area contributed by atoms with Gasteiger partial charge >= 0.3 is 5.97 Å². The van der Waals surface area contributed by atoms with Gasteiger partial charge in [0.25, 0.3) is 0 Å². The first-order valence-electron chi connectivity index (χ1n) is 8.62. The number of ether oxygens (including phenoxy) is 1. The molecular formula is C20H24N2O3. The Balaban J connectivity index is 1.99. The first-order chi connectivity index (χ1) is 12.1. The quantitative estimate of drug-likeness (QED) is 0.905. The third-order valence-corrected chi connectivity index (χ3v) is 4.91. The number of piperidine rings is 1. The zero-order valence-corrected chi connectivity index (χ0v) is 14.7. The van der Waals surface area contributed by atoms with Gasteiger partial charge in [-0.15, -0.1) is 0 Å². The van der Waals surface area contributed by atoms with Gasteiger partial charge in [0.05, 0.1) is 24.8 Å². The third-order valence-electron chi connectivity index (χ3n) is 4.91. The van der Waals surface area contributed by atoms with Gasteiger partial charge in [0, 0.05) is 12.7 Å². The molecule has 2 heterocycles. The highest BCUT2D eigenvalue weighted by Crippen LogP contribution is 2.33. The molecule has 0 bridgehead atoms. The Kier molecular flexibility index (Phi) is 5.34. The summed E-state index contributed by atoms with van der Waals surface area (Å²) in [5.41, 5.74) is 3.20. The van der Waals surface area contributed by atoms with Gasteiger partial charge in [0.15, 0.2) is 0 Å². The summed E-state index contributed by atoms with van der Waals surface area (Å²) in [6.45, 7) is 3.47. The molecule has 132 valence electrons. The highest BCUT2D eigenvalue weighted by atomic mass is 16.5. The second kappa shape index (κ2) is 7.66. The molecule has 1 N–H and O–H groups in total. The van der Waals surface area contributed by atoms with Crippen molar-refractivity contribution in [3.8, 4) is 5.75 Å². The lowest BCUT2D eigenvalue weighted by Gasteiger charge is -2.37. The van der Waals surface area contributed by atoms with E-state index in [1.807, 2.05) is 30.3 Å². The lowest BCUT2D eigenvalue weighted by molar-refractivity contribution is -0.143. The number of pyridine rings is 1. The van der Waals surface area contributed by atoms with Crippen LogP contribution in [-0.4, -0.2) is 41.2 Å². The van der Waals surface area contributed by atoms with Crippen LogP contribution in [0.15, 0.2) is 42.6 Å². The molecule has 0 radical (unpaired) electrons. The predicted molar refractivity (Wildman–Crippen MR) is 95.7 cm³/mol. The van der Waals surface area contributed by atoms with Gasteiger partial charge < -0.3 is 9.84 Å². The summed E-state index contributed by atoms with van der Waals surface area (Å²) in [6.07, 6.45) is 3.43. The molecule has 1 aromatic carbocycles. The maximum absolute atomic E-state index is 11.5. The number of hydrogen-bond donors (Lipinski definition) is 1. The maximum atomic E-state index is 11.5. The van der Waals surface area contributed by atoms with Crippen molar-refractivity contribution in [2.45, 2.75) is 25.8 Å². The summed E-state index contributed by atoms with van der Waals surface area (Å²) in [6, 6.07) is 11.9. The summed E-state index contributed by atoms with van der Waals surface area (Å²) >= 11 is 0. The number of hydrogen-bond acceptors (Lipinski definition) is 4. The minimum Gasteiger partial charge on any atom is -0.497 e. The van der Waals surface area contributed by atoms with E-state index in [4.69, 9.17) is 4.74 Å². The predicted octanol–water partition coefficient (Wildman–Crippen LogP) is 3.28. The Bertz CT molecular complexity index is 730. The van der Waals surface area contributed by atoms with Crippen molar-refractivity contribution >= 4 is 5.97 Å². The monoisotopic (exact) mass is 340 g/mol. The number of aryl methyl sites for hydroxylation is 1. The fourth-order valence-corrected chi connectivity index (χ4v) is 3.55. The van der Waals surface area contributed by atoms with E-state index in [2.05, 4.69) is 22.9 Å². The molecule has 1 aliphatic rings. The van der Waals surface area contributed by atoms with Crippen molar-refractivity contribution in [3.63, 3.8) is 0 Å². The maximum Gasteiger partial charge on any atom is 0.307 e. The molecule has 2 unspecified atom stereocenters. The van der Waals surface area contributed by atoms with Crippen LogP contribution >= 0.6 is 0 Å². The molecule has 5 nitrogen and oxygen atoms in total. The summed E-state index contributed by atoms with van der Waals surface area (Å²) in [7, 11) is 1.65. The number of methoxy groups -OCH3 is 1. The van der Waals surface area contributed by atoms with Gasteiger partial charge in [-0.2, -0.15) is 0 Å². The molecule has 1 fully saturated rings. The van der Waals surface area contributed by atoms with E-state index < -0.39 is 5.97 Å². The largest absolute Gasteiger partial charge is 0.497 e. The fraction of sp³-hybridized carbons (Fsp3) is 0.400. The van der Waals surface area contributed by atoms with Crippen molar-refractivity contribution < 1.29 is 14.6 Å². The van der Waals surface area contributed by atoms with Gasteiger partial charge in [-0.1, -0.05) is 18.2 Å². The first kappa shape index (κ1) is 17.4. The number of carboxylic acids is 1. The van der Waals surface area contributed by atoms with Gasteiger partial charge in [-0.05, 0) is 55.6 Å². The molecule has 5 heteroatoms. The molecule has 1 aromatic heterocycles. The van der Waals surface area contributed by atoms with E-state index in [0.717, 1.165) is 42.0 Å². The van der Waals surface area contributed by atoms with Gasteiger partial charge in [-0.3, -0.25) is 14.7 Å². The second-order valence-electron chi connectivity index (χ2n) is 6.55. The van der Waals surface area contributed by atoms with E-state index in [1.165, 1.54) is 0 Å². The molecule has 0 saturated carbocycles. The Morgan fingerprint density at radius 2 is 2.08 bits per heavy atom. The number of likely N-dealkylation sites (tertiary alicyclic amines) is 1. The molecule has 3 rings (SSSR count). The molecular weight excluding hydrogens is 316 g/mol. The highest BCUT2D eigenvalue weighted by molar-refractivity contribution is 5.70. The van der Waals surface area contributed by atoms with Crippen LogP contribution in [0.25, 0.3) is 0 Å². The Morgan fingerprint density at radius 3 is 2.72 bits per heavy atom. The van der Waals surface area contributed by atoms with Crippen LogP contribution in [0.3, 0.4) is 0 Å². The Morgan fingerprint density at radius 1 is 1.32 bits per heavy atom. The lowest BCUT2D eigenvalue weighted by Crippen LogP contribution is -2.41. The Hall–Kier alpha value is -2.40. The third kappa shape index (κ3) is 3.82. The summed E-state index contributed by atoms with van der Waals surface area (Å²) < 4.78 is 5.27. The molecule has 25 heavy (non-hydrogen) atoms. The van der Waals surface area contributed by atoms with Crippen LogP contribution in [0.5, 0.6) is 5.75 Å². The standard InChI is InChI=1S/C20H24N2O3/c1-14-5-3-11-21-18(14)19(15-7-9-17(25-2)10-8-15)22-12-4-6-16(13-22)20(23)24/h3,5,7-11,16,19H,4,6,12-13H2,1-2H3,(H,23,24). The van der Waals surface area contributed by atoms with Gasteiger partial charge in [0.1, 0.15) is 5.75 Å². The average molecular weight is 340 g/mol. The topological polar surface area (TPSA) is 62.7 Å². The smallest absolute Gasteiger partial charge is 0.307 e. The summed E-state index contributed by atoms with van der Waals surface area (Å²) in [5, 5.41) is 9.44. The van der Waals surface area contributed by atoms with E-state index in [9.17, 15) is 9.90 Å². The molecule has 0 spiro atoms. The van der Waals surface area contributed by atoms with Crippen molar-refractivity contribution in [3.05, 3.63) is 59.4 Å². The minimum atomic E-state index is -0.712. The normalized spacial score (nSPS) is 19.4. The fourth-order valence-electron chi connectivity index (χ4n) is 3.55. The number of aliphatic carboxylic acids is 1. The molecule has 2 aromatic rings. The van der Waals surface area contributed by atoms with E-state index in [-0.39, 0.29) is 12.0 Å². The zero-order chi connectivity index (χ0) is 17.8. The van der Waals surface area contributed by atoms with Crippen molar-refractivity contribution in [1.29, 1.82) is 0 Å². The zero-order valence-electron chi connectivity index (χ0n) is 14.7. The highest BCUT2D eigenvalue weighted by Gasteiger charge is 2.32. The molecule has 0 amide bonds. The van der Waals surface area contributed by atoms with Crippen molar-refractivity contribution in [2.24, 2.45) is 5.92 Å². The van der Waals surface area contributed by atoms with Crippen LogP contribution in [0, 0.1) is 12.8 Å². The van der Waals surface area contributed by atoms with E-state index >= 15 is 0 Å². The summed E-state index contributed by atoms with van der Waals surface area (Å²) in [4.78, 5) is 18.4. The van der Waals surface area contributed by atoms with E-state index in [1.54, 1.807) is 13.3 Å². The SMILES string of the molecule is COc1ccc(C(c2ncccc2C)N2CCCC(C(=O)O)C2)cc1. The number of carbonyl (C=O) groups is 1. The molecule has 2 atom stereocenters. The van der Waals surface area contributed by atoms with Crippen molar-refractivity contribution in [1.82, 2.24) is 9.88 Å². The second-order valence-corrected chi connectivity index (χ2v) is 6.55.